The van der Waals surface area contributed by atoms with Crippen LogP contribution in [0.3, 0.4) is 0 Å². The SMILES string of the molecule is CCOCCC(N)Cc1ccn(C2CCCC2)n1. The number of nitrogens with two attached hydrogens (primary N) is 1. The third-order valence-electron chi connectivity index (χ3n) is 3.67. The molecule has 2 rings (SSSR count). The van der Waals surface area contributed by atoms with Gasteiger partial charge in [0.15, 0.2) is 0 Å². The Morgan fingerprint density at radius 2 is 2.28 bits per heavy atom. The van der Waals surface area contributed by atoms with Crippen molar-refractivity contribution < 1.29 is 4.74 Å². The molecule has 102 valence electrons. The van der Waals surface area contributed by atoms with Crippen molar-refractivity contribution in [2.75, 3.05) is 13.2 Å². The average molecular weight is 251 g/mol. The van der Waals surface area contributed by atoms with Gasteiger partial charge in [0.1, 0.15) is 0 Å². The third kappa shape index (κ3) is 3.82. The van der Waals surface area contributed by atoms with Crippen molar-refractivity contribution in [3.63, 3.8) is 0 Å². The van der Waals surface area contributed by atoms with E-state index in [9.17, 15) is 0 Å². The quantitative estimate of drug-likeness (QED) is 0.756. The maximum atomic E-state index is 6.08. The van der Waals surface area contributed by atoms with E-state index in [1.807, 2.05) is 6.92 Å². The number of rotatable bonds is 7. The summed E-state index contributed by atoms with van der Waals surface area (Å²) in [4.78, 5) is 0. The molecule has 18 heavy (non-hydrogen) atoms. The minimum atomic E-state index is 0.156. The Kier molecular flexibility index (Phi) is 5.20. The lowest BCUT2D eigenvalue weighted by Gasteiger charge is -2.11. The molecule has 0 aliphatic heterocycles. The van der Waals surface area contributed by atoms with Crippen LogP contribution in [0, 0.1) is 0 Å². The molecule has 4 heteroatoms. The highest BCUT2D eigenvalue weighted by Crippen LogP contribution is 2.28. The Morgan fingerprint density at radius 3 is 3.00 bits per heavy atom. The molecule has 0 bridgehead atoms. The zero-order valence-corrected chi connectivity index (χ0v) is 11.3. The van der Waals surface area contributed by atoms with E-state index < -0.39 is 0 Å². The molecule has 0 radical (unpaired) electrons. The van der Waals surface area contributed by atoms with Gasteiger partial charge < -0.3 is 10.5 Å². The number of ether oxygens (including phenoxy) is 1. The van der Waals surface area contributed by atoms with Crippen LogP contribution in [-0.4, -0.2) is 29.0 Å². The van der Waals surface area contributed by atoms with Gasteiger partial charge in [0.25, 0.3) is 0 Å². The molecule has 1 heterocycles. The molecular formula is C14H25N3O. The number of hydrogen-bond acceptors (Lipinski definition) is 3. The van der Waals surface area contributed by atoms with Crippen molar-refractivity contribution in [3.8, 4) is 0 Å². The predicted molar refractivity (Wildman–Crippen MR) is 72.5 cm³/mol. The Labute approximate surface area is 110 Å². The Balaban J connectivity index is 1.78. The summed E-state index contributed by atoms with van der Waals surface area (Å²) in [6.07, 6.45) is 9.11. The maximum absolute atomic E-state index is 6.08. The van der Waals surface area contributed by atoms with E-state index >= 15 is 0 Å². The van der Waals surface area contributed by atoms with Crippen LogP contribution in [0.15, 0.2) is 12.3 Å². The molecule has 1 saturated carbocycles. The molecular weight excluding hydrogens is 226 g/mol. The summed E-state index contributed by atoms with van der Waals surface area (Å²) in [5, 5.41) is 4.66. The fourth-order valence-corrected chi connectivity index (χ4v) is 2.61. The molecule has 0 amide bonds. The molecule has 1 aliphatic carbocycles. The molecule has 0 spiro atoms. The van der Waals surface area contributed by atoms with Crippen molar-refractivity contribution in [2.24, 2.45) is 5.73 Å². The van der Waals surface area contributed by atoms with Gasteiger partial charge in [-0.25, -0.2) is 0 Å². The average Bonchev–Trinajstić information content (AvgIpc) is 2.98. The summed E-state index contributed by atoms with van der Waals surface area (Å²) in [6.45, 7) is 3.53. The largest absolute Gasteiger partial charge is 0.382 e. The van der Waals surface area contributed by atoms with Crippen LogP contribution in [0.2, 0.25) is 0 Å². The summed E-state index contributed by atoms with van der Waals surface area (Å²) in [6, 6.07) is 2.89. The Bertz CT molecular complexity index is 345. The van der Waals surface area contributed by atoms with Gasteiger partial charge in [-0.2, -0.15) is 5.10 Å². The molecule has 1 aliphatic rings. The van der Waals surface area contributed by atoms with Gasteiger partial charge in [-0.05, 0) is 32.3 Å². The summed E-state index contributed by atoms with van der Waals surface area (Å²) in [5.74, 6) is 0. The Morgan fingerprint density at radius 1 is 1.50 bits per heavy atom. The molecule has 1 unspecified atom stereocenters. The highest BCUT2D eigenvalue weighted by atomic mass is 16.5. The summed E-state index contributed by atoms with van der Waals surface area (Å²) in [5.41, 5.74) is 7.20. The minimum Gasteiger partial charge on any atom is -0.382 e. The normalized spacial score (nSPS) is 18.3. The van der Waals surface area contributed by atoms with Gasteiger partial charge in [0, 0.05) is 31.9 Å². The van der Waals surface area contributed by atoms with E-state index in [1.54, 1.807) is 0 Å². The minimum absolute atomic E-state index is 0.156. The van der Waals surface area contributed by atoms with Gasteiger partial charge in [-0.15, -0.1) is 0 Å². The molecule has 4 nitrogen and oxygen atoms in total. The highest BCUT2D eigenvalue weighted by Gasteiger charge is 2.17. The van der Waals surface area contributed by atoms with Crippen LogP contribution >= 0.6 is 0 Å². The molecule has 0 aromatic carbocycles. The van der Waals surface area contributed by atoms with Gasteiger partial charge in [0.05, 0.1) is 11.7 Å². The highest BCUT2D eigenvalue weighted by molar-refractivity contribution is 5.02. The van der Waals surface area contributed by atoms with Crippen LogP contribution in [0.25, 0.3) is 0 Å². The van der Waals surface area contributed by atoms with Crippen LogP contribution in [-0.2, 0) is 11.2 Å². The second kappa shape index (κ2) is 6.90. The van der Waals surface area contributed by atoms with Crippen molar-refractivity contribution in [1.29, 1.82) is 0 Å². The molecule has 2 N–H and O–H groups in total. The number of nitrogens with zero attached hydrogens (tertiary/aromatic N) is 2. The van der Waals surface area contributed by atoms with Gasteiger partial charge in [-0.1, -0.05) is 12.8 Å². The summed E-state index contributed by atoms with van der Waals surface area (Å²) in [7, 11) is 0. The maximum Gasteiger partial charge on any atom is 0.0640 e. The lowest BCUT2D eigenvalue weighted by atomic mass is 10.1. The molecule has 1 aromatic rings. The first kappa shape index (κ1) is 13.6. The fourth-order valence-electron chi connectivity index (χ4n) is 2.61. The van der Waals surface area contributed by atoms with Gasteiger partial charge in [0.2, 0.25) is 0 Å². The summed E-state index contributed by atoms with van der Waals surface area (Å²) < 4.78 is 7.46. The lowest BCUT2D eigenvalue weighted by Crippen LogP contribution is -2.25. The smallest absolute Gasteiger partial charge is 0.0640 e. The second-order valence-electron chi connectivity index (χ2n) is 5.18. The number of aromatic nitrogens is 2. The van der Waals surface area contributed by atoms with Crippen molar-refractivity contribution >= 4 is 0 Å². The van der Waals surface area contributed by atoms with Crippen molar-refractivity contribution in [1.82, 2.24) is 9.78 Å². The lowest BCUT2D eigenvalue weighted by molar-refractivity contribution is 0.140. The van der Waals surface area contributed by atoms with Crippen LogP contribution < -0.4 is 5.73 Å². The molecule has 1 atom stereocenters. The molecule has 1 fully saturated rings. The van der Waals surface area contributed by atoms with Crippen molar-refractivity contribution in [2.45, 2.75) is 57.5 Å². The van der Waals surface area contributed by atoms with Crippen molar-refractivity contribution in [3.05, 3.63) is 18.0 Å². The van der Waals surface area contributed by atoms with Crippen LogP contribution in [0.4, 0.5) is 0 Å². The zero-order valence-electron chi connectivity index (χ0n) is 11.3. The van der Waals surface area contributed by atoms with E-state index in [1.165, 1.54) is 25.7 Å². The third-order valence-corrected chi connectivity index (χ3v) is 3.67. The fraction of sp³-hybridized carbons (Fsp3) is 0.786. The van der Waals surface area contributed by atoms with Crippen LogP contribution in [0.1, 0.15) is 50.8 Å². The van der Waals surface area contributed by atoms with E-state index in [0.29, 0.717) is 6.04 Å². The molecule has 0 saturated heterocycles. The summed E-state index contributed by atoms with van der Waals surface area (Å²) >= 11 is 0. The van der Waals surface area contributed by atoms with E-state index in [4.69, 9.17) is 10.5 Å². The van der Waals surface area contributed by atoms with Crippen LogP contribution in [0.5, 0.6) is 0 Å². The van der Waals surface area contributed by atoms with E-state index in [2.05, 4.69) is 22.0 Å². The standard InChI is InChI=1S/C14H25N3O/c1-2-18-10-8-12(15)11-13-7-9-17(16-13)14-5-3-4-6-14/h7,9,12,14H,2-6,8,10-11,15H2,1H3. The zero-order chi connectivity index (χ0) is 12.8. The first-order valence-electron chi connectivity index (χ1n) is 7.17. The monoisotopic (exact) mass is 251 g/mol. The topological polar surface area (TPSA) is 53.1 Å². The van der Waals surface area contributed by atoms with E-state index in [0.717, 1.165) is 31.7 Å². The van der Waals surface area contributed by atoms with Gasteiger partial charge in [-0.3, -0.25) is 4.68 Å². The second-order valence-corrected chi connectivity index (χ2v) is 5.18. The first-order valence-corrected chi connectivity index (χ1v) is 7.17. The number of hydrogen-bond donors (Lipinski definition) is 1. The first-order chi connectivity index (χ1) is 8.79. The molecule has 1 aromatic heterocycles. The van der Waals surface area contributed by atoms with E-state index in [-0.39, 0.29) is 6.04 Å². The van der Waals surface area contributed by atoms with Gasteiger partial charge >= 0.3 is 0 Å². The predicted octanol–water partition coefficient (Wildman–Crippen LogP) is 2.29. The Hall–Kier alpha value is -0.870.